The first-order chi connectivity index (χ1) is 14.3. The quantitative estimate of drug-likeness (QED) is 0.229. The summed E-state index contributed by atoms with van der Waals surface area (Å²) < 4.78 is 10.3. The first-order valence-electron chi connectivity index (χ1n) is 9.62. The van der Waals surface area contributed by atoms with Crippen LogP contribution in [0.4, 0.5) is 0 Å². The van der Waals surface area contributed by atoms with Gasteiger partial charge in [-0.1, -0.05) is 29.9 Å². The van der Waals surface area contributed by atoms with Crippen molar-refractivity contribution in [1.82, 2.24) is 0 Å². The number of allylic oxidation sites excluding steroid dienone is 3. The van der Waals surface area contributed by atoms with Crippen molar-refractivity contribution in [2.45, 2.75) is 32.5 Å². The molecule has 0 spiro atoms. The number of carbonyl (C=O) groups is 1. The summed E-state index contributed by atoms with van der Waals surface area (Å²) >= 11 is 0. The molecule has 0 aromatic heterocycles. The molecule has 0 heterocycles. The Morgan fingerprint density at radius 2 is 1.70 bits per heavy atom. The van der Waals surface area contributed by atoms with Gasteiger partial charge >= 0.3 is 0 Å². The molecule has 0 saturated heterocycles. The van der Waals surface area contributed by atoms with Gasteiger partial charge in [0.15, 0.2) is 12.1 Å². The minimum absolute atomic E-state index is 0.0673. The van der Waals surface area contributed by atoms with Crippen molar-refractivity contribution >= 4 is 11.9 Å². The Bertz CT molecular complexity index is 908. The molecule has 6 heteroatoms. The lowest BCUT2D eigenvalue weighted by Crippen LogP contribution is -2.12. The molecule has 2 aromatic rings. The molecule has 160 valence electrons. The van der Waals surface area contributed by atoms with Crippen molar-refractivity contribution in [3.05, 3.63) is 70.8 Å². The normalized spacial score (nSPS) is 12.1. The Hall–Kier alpha value is -3.09. The van der Waals surface area contributed by atoms with Gasteiger partial charge in [-0.05, 0) is 55.7 Å². The summed E-state index contributed by atoms with van der Waals surface area (Å²) in [5.74, 6) is -0.540. The second-order valence-electron chi connectivity index (χ2n) is 6.94. The van der Waals surface area contributed by atoms with Crippen LogP contribution in [0.5, 0.6) is 17.2 Å². The van der Waals surface area contributed by atoms with Crippen molar-refractivity contribution in [2.24, 2.45) is 0 Å². The number of aromatic hydroxyl groups is 3. The van der Waals surface area contributed by atoms with E-state index in [1.165, 1.54) is 30.3 Å². The summed E-state index contributed by atoms with van der Waals surface area (Å²) in [6.07, 6.45) is 6.28. The third-order valence-corrected chi connectivity index (χ3v) is 4.80. The van der Waals surface area contributed by atoms with Crippen molar-refractivity contribution < 1.29 is 29.6 Å². The van der Waals surface area contributed by atoms with E-state index in [-0.39, 0.29) is 41.3 Å². The minimum atomic E-state index is -0.384. The van der Waals surface area contributed by atoms with Crippen LogP contribution in [0, 0.1) is 0 Å². The van der Waals surface area contributed by atoms with E-state index in [0.29, 0.717) is 12.0 Å². The molecular weight excluding hydrogens is 384 g/mol. The third kappa shape index (κ3) is 6.47. The highest BCUT2D eigenvalue weighted by atomic mass is 16.7. The Morgan fingerprint density at radius 1 is 1.03 bits per heavy atom. The first-order valence-corrected chi connectivity index (χ1v) is 9.62. The standard InChI is InChI=1S/C24H28O6/c1-16(5-15-23(29-2)30-3)4-11-19-22(27)14-12-20(24(19)28)21(26)13-8-17-6-9-18(25)10-7-17/h4,6-10,12-14,23,25,27-28H,5,11,15H2,1-3H3. The van der Waals surface area contributed by atoms with Crippen molar-refractivity contribution in [2.75, 3.05) is 14.2 Å². The Labute approximate surface area is 176 Å². The van der Waals surface area contributed by atoms with E-state index in [2.05, 4.69) is 0 Å². The van der Waals surface area contributed by atoms with Crippen LogP contribution in [-0.4, -0.2) is 41.6 Å². The van der Waals surface area contributed by atoms with E-state index in [0.717, 1.165) is 17.6 Å². The molecule has 0 fully saturated rings. The number of hydrogen-bond acceptors (Lipinski definition) is 6. The van der Waals surface area contributed by atoms with E-state index in [1.54, 1.807) is 32.4 Å². The molecule has 0 atom stereocenters. The fourth-order valence-electron chi connectivity index (χ4n) is 2.93. The van der Waals surface area contributed by atoms with Gasteiger partial charge in [0.25, 0.3) is 0 Å². The highest BCUT2D eigenvalue weighted by Crippen LogP contribution is 2.32. The maximum absolute atomic E-state index is 12.5. The maximum atomic E-state index is 12.5. The fourth-order valence-corrected chi connectivity index (χ4v) is 2.93. The van der Waals surface area contributed by atoms with Gasteiger partial charge in [0, 0.05) is 26.2 Å². The van der Waals surface area contributed by atoms with Gasteiger partial charge in [0.1, 0.15) is 17.2 Å². The SMILES string of the molecule is COC(CCC(C)=CCc1c(O)ccc(C(=O)C=Cc2ccc(O)cc2)c1O)OC. The topological polar surface area (TPSA) is 96.2 Å². The lowest BCUT2D eigenvalue weighted by molar-refractivity contribution is -0.105. The summed E-state index contributed by atoms with van der Waals surface area (Å²) in [6.45, 7) is 1.95. The number of ketones is 1. The molecule has 0 unspecified atom stereocenters. The summed E-state index contributed by atoms with van der Waals surface area (Å²) in [7, 11) is 3.17. The maximum Gasteiger partial charge on any atom is 0.189 e. The molecule has 0 amide bonds. The predicted octanol–water partition coefficient (Wildman–Crippen LogP) is 4.59. The van der Waals surface area contributed by atoms with E-state index in [4.69, 9.17) is 9.47 Å². The lowest BCUT2D eigenvalue weighted by atomic mass is 9.99. The minimum Gasteiger partial charge on any atom is -0.508 e. The van der Waals surface area contributed by atoms with Gasteiger partial charge < -0.3 is 24.8 Å². The van der Waals surface area contributed by atoms with E-state index in [1.807, 2.05) is 13.0 Å². The van der Waals surface area contributed by atoms with Gasteiger partial charge in [0.05, 0.1) is 5.56 Å². The number of ether oxygens (including phenoxy) is 2. The summed E-state index contributed by atoms with van der Waals surface area (Å²) in [5, 5.41) is 30.0. The Kier molecular flexibility index (Phi) is 8.65. The molecule has 2 aromatic carbocycles. The lowest BCUT2D eigenvalue weighted by Gasteiger charge is -2.13. The second kappa shape index (κ2) is 11.2. The molecule has 3 N–H and O–H groups in total. The Morgan fingerprint density at radius 3 is 2.33 bits per heavy atom. The second-order valence-corrected chi connectivity index (χ2v) is 6.94. The molecule has 0 aliphatic rings. The van der Waals surface area contributed by atoms with E-state index in [9.17, 15) is 20.1 Å². The van der Waals surface area contributed by atoms with Gasteiger partial charge in [-0.15, -0.1) is 0 Å². The zero-order chi connectivity index (χ0) is 22.1. The molecule has 0 aliphatic heterocycles. The zero-order valence-corrected chi connectivity index (χ0v) is 17.5. The van der Waals surface area contributed by atoms with E-state index >= 15 is 0 Å². The molecule has 0 aliphatic carbocycles. The number of methoxy groups -OCH3 is 2. The van der Waals surface area contributed by atoms with Crippen LogP contribution in [0.1, 0.15) is 41.3 Å². The van der Waals surface area contributed by atoms with Crippen LogP contribution in [0.15, 0.2) is 54.1 Å². The highest BCUT2D eigenvalue weighted by molar-refractivity contribution is 6.09. The molecule has 30 heavy (non-hydrogen) atoms. The van der Waals surface area contributed by atoms with E-state index < -0.39 is 0 Å². The summed E-state index contributed by atoms with van der Waals surface area (Å²) in [4.78, 5) is 12.5. The van der Waals surface area contributed by atoms with Crippen LogP contribution < -0.4 is 0 Å². The van der Waals surface area contributed by atoms with Crippen molar-refractivity contribution in [3.63, 3.8) is 0 Å². The largest absolute Gasteiger partial charge is 0.508 e. The molecular formula is C24H28O6. The zero-order valence-electron chi connectivity index (χ0n) is 17.5. The highest BCUT2D eigenvalue weighted by Gasteiger charge is 2.15. The van der Waals surface area contributed by atoms with Crippen LogP contribution in [0.2, 0.25) is 0 Å². The summed E-state index contributed by atoms with van der Waals surface area (Å²) in [6, 6.07) is 9.20. The van der Waals surface area contributed by atoms with Crippen LogP contribution in [0.3, 0.4) is 0 Å². The molecule has 0 saturated carbocycles. The van der Waals surface area contributed by atoms with Gasteiger partial charge in [-0.3, -0.25) is 4.79 Å². The third-order valence-electron chi connectivity index (χ3n) is 4.80. The van der Waals surface area contributed by atoms with Crippen LogP contribution in [0.25, 0.3) is 6.08 Å². The number of rotatable bonds is 10. The van der Waals surface area contributed by atoms with Gasteiger partial charge in [-0.25, -0.2) is 0 Å². The monoisotopic (exact) mass is 412 g/mol. The Balaban J connectivity index is 2.13. The van der Waals surface area contributed by atoms with Gasteiger partial charge in [0.2, 0.25) is 0 Å². The fraction of sp³-hybridized carbons (Fsp3) is 0.292. The average molecular weight is 412 g/mol. The smallest absolute Gasteiger partial charge is 0.189 e. The van der Waals surface area contributed by atoms with Crippen LogP contribution in [-0.2, 0) is 15.9 Å². The number of hydrogen-bond donors (Lipinski definition) is 3. The number of carbonyl (C=O) groups excluding carboxylic acids is 1. The van der Waals surface area contributed by atoms with Gasteiger partial charge in [-0.2, -0.15) is 0 Å². The first kappa shape index (κ1) is 23.2. The summed E-state index contributed by atoms with van der Waals surface area (Å²) in [5.41, 5.74) is 2.21. The van der Waals surface area contributed by atoms with Crippen molar-refractivity contribution in [3.8, 4) is 17.2 Å². The average Bonchev–Trinajstić information content (AvgIpc) is 2.73. The molecule has 6 nitrogen and oxygen atoms in total. The van der Waals surface area contributed by atoms with Crippen LogP contribution >= 0.6 is 0 Å². The number of phenolic OH excluding ortho intramolecular Hbond substituents is 3. The number of phenols is 3. The molecule has 0 bridgehead atoms. The predicted molar refractivity (Wildman–Crippen MR) is 116 cm³/mol. The number of benzene rings is 2. The molecule has 0 radical (unpaired) electrons. The van der Waals surface area contributed by atoms with Crippen molar-refractivity contribution in [1.29, 1.82) is 0 Å². The molecule has 2 rings (SSSR count).